The number of rotatable bonds is 1. The van der Waals surface area contributed by atoms with Crippen LogP contribution >= 0.6 is 45.3 Å². The summed E-state index contributed by atoms with van der Waals surface area (Å²) in [6, 6.07) is 6.56. The molecule has 4 heteroatoms. The summed E-state index contributed by atoms with van der Waals surface area (Å²) in [5, 5.41) is 6.63. The third kappa shape index (κ3) is 1.18. The molecule has 0 saturated heterocycles. The smallest absolute Gasteiger partial charge is 0.0636 e. The lowest BCUT2D eigenvalue weighted by Crippen LogP contribution is -1.61. The number of thiophene rings is 4. The average Bonchev–Trinajstić information content (AvgIpc) is 2.98. The minimum Gasteiger partial charge on any atom is -0.144 e. The van der Waals surface area contributed by atoms with Gasteiger partial charge in [0.2, 0.25) is 0 Å². The van der Waals surface area contributed by atoms with E-state index < -0.39 is 0 Å². The van der Waals surface area contributed by atoms with Gasteiger partial charge in [0, 0.05) is 20.5 Å². The van der Waals surface area contributed by atoms with Crippen LogP contribution in [-0.4, -0.2) is 0 Å². The van der Waals surface area contributed by atoms with E-state index in [1.165, 1.54) is 29.2 Å². The molecule has 4 aromatic rings. The molecule has 78 valence electrons. The molecule has 0 aromatic carbocycles. The molecule has 0 fully saturated rings. The third-order valence-corrected chi connectivity index (χ3v) is 6.99. The molecule has 0 nitrogen and oxygen atoms in total. The highest BCUT2D eigenvalue weighted by Crippen LogP contribution is 2.46. The Morgan fingerprint density at radius 3 is 2.69 bits per heavy atom. The van der Waals surface area contributed by atoms with Crippen molar-refractivity contribution >= 4 is 64.1 Å². The standard InChI is InChI=1S/C12H6S4/c1-2-8(13-4-1)7-6-15-12-10(7)16-9-3-5-14-11(9)12/h1-6H. The van der Waals surface area contributed by atoms with Crippen molar-refractivity contribution in [3.8, 4) is 10.4 Å². The van der Waals surface area contributed by atoms with E-state index in [4.69, 9.17) is 0 Å². The zero-order chi connectivity index (χ0) is 10.5. The largest absolute Gasteiger partial charge is 0.144 e. The lowest BCUT2D eigenvalue weighted by atomic mass is 10.3. The lowest BCUT2D eigenvalue weighted by Gasteiger charge is -1.89. The summed E-state index contributed by atoms with van der Waals surface area (Å²) in [7, 11) is 0. The number of hydrogen-bond acceptors (Lipinski definition) is 4. The van der Waals surface area contributed by atoms with Crippen molar-refractivity contribution in [3.05, 3.63) is 34.3 Å². The van der Waals surface area contributed by atoms with Gasteiger partial charge in [0.05, 0.1) is 14.1 Å². The van der Waals surface area contributed by atoms with Crippen LogP contribution in [-0.2, 0) is 0 Å². The second-order valence-corrected chi connectivity index (χ2v) is 7.30. The molecule has 0 aliphatic rings. The Balaban J connectivity index is 2.13. The predicted octanol–water partition coefficient (Wildman–Crippen LogP) is 5.91. The highest BCUT2D eigenvalue weighted by molar-refractivity contribution is 7.38. The van der Waals surface area contributed by atoms with Gasteiger partial charge in [-0.2, -0.15) is 0 Å². The first-order valence-electron chi connectivity index (χ1n) is 4.84. The van der Waals surface area contributed by atoms with E-state index in [9.17, 15) is 0 Å². The summed E-state index contributed by atoms with van der Waals surface area (Å²) in [6.07, 6.45) is 0. The SMILES string of the molecule is c1csc(-c2csc3c2sc2ccsc23)c1. The molecule has 0 atom stereocenters. The van der Waals surface area contributed by atoms with E-state index in [1.807, 2.05) is 45.3 Å². The Hall–Kier alpha value is -0.680. The molecule has 0 radical (unpaired) electrons. The van der Waals surface area contributed by atoms with Gasteiger partial charge in [-0.05, 0) is 22.9 Å². The Labute approximate surface area is 108 Å². The first-order valence-corrected chi connectivity index (χ1v) is 8.30. The fourth-order valence-electron chi connectivity index (χ4n) is 1.86. The summed E-state index contributed by atoms with van der Waals surface area (Å²) < 4.78 is 5.84. The predicted molar refractivity (Wildman–Crippen MR) is 78.4 cm³/mol. The van der Waals surface area contributed by atoms with Gasteiger partial charge >= 0.3 is 0 Å². The van der Waals surface area contributed by atoms with Crippen LogP contribution in [0, 0.1) is 0 Å². The monoisotopic (exact) mass is 278 g/mol. The summed E-state index contributed by atoms with van der Waals surface area (Å²) in [6.45, 7) is 0. The van der Waals surface area contributed by atoms with Gasteiger partial charge < -0.3 is 0 Å². The Kier molecular flexibility index (Phi) is 1.99. The van der Waals surface area contributed by atoms with Crippen molar-refractivity contribution < 1.29 is 0 Å². The number of fused-ring (bicyclic) bond motifs is 3. The molecule has 4 rings (SSSR count). The van der Waals surface area contributed by atoms with Gasteiger partial charge in [-0.3, -0.25) is 0 Å². The molecule has 0 aliphatic heterocycles. The summed E-state index contributed by atoms with van der Waals surface area (Å²) in [4.78, 5) is 1.39. The van der Waals surface area contributed by atoms with Crippen LogP contribution in [0.1, 0.15) is 0 Å². The maximum absolute atomic E-state index is 2.30. The van der Waals surface area contributed by atoms with Gasteiger partial charge in [0.25, 0.3) is 0 Å². The zero-order valence-electron chi connectivity index (χ0n) is 8.10. The highest BCUT2D eigenvalue weighted by Gasteiger charge is 2.13. The van der Waals surface area contributed by atoms with Crippen LogP contribution in [0.2, 0.25) is 0 Å². The first-order chi connectivity index (χ1) is 7.93. The summed E-state index contributed by atoms with van der Waals surface area (Å²) in [5.74, 6) is 0. The van der Waals surface area contributed by atoms with Crippen LogP contribution in [0.25, 0.3) is 29.2 Å². The molecule has 0 aliphatic carbocycles. The molecule has 0 saturated carbocycles. The van der Waals surface area contributed by atoms with Gasteiger partial charge in [-0.1, -0.05) is 6.07 Å². The van der Waals surface area contributed by atoms with Crippen molar-refractivity contribution in [3.63, 3.8) is 0 Å². The van der Waals surface area contributed by atoms with E-state index >= 15 is 0 Å². The molecule has 0 unspecified atom stereocenters. The Bertz CT molecular complexity index is 751. The molecule has 16 heavy (non-hydrogen) atoms. The van der Waals surface area contributed by atoms with Crippen LogP contribution < -0.4 is 0 Å². The van der Waals surface area contributed by atoms with Gasteiger partial charge in [-0.25, -0.2) is 0 Å². The Morgan fingerprint density at radius 1 is 0.812 bits per heavy atom. The molecular weight excluding hydrogens is 272 g/mol. The fraction of sp³-hybridized carbons (Fsp3) is 0. The van der Waals surface area contributed by atoms with Crippen LogP contribution in [0.4, 0.5) is 0 Å². The van der Waals surface area contributed by atoms with Crippen molar-refractivity contribution in [2.45, 2.75) is 0 Å². The van der Waals surface area contributed by atoms with Crippen molar-refractivity contribution in [2.75, 3.05) is 0 Å². The summed E-state index contributed by atoms with van der Waals surface area (Å²) in [5.41, 5.74) is 1.42. The zero-order valence-corrected chi connectivity index (χ0v) is 11.4. The van der Waals surface area contributed by atoms with E-state index in [0.29, 0.717) is 0 Å². The second kappa shape index (κ2) is 3.40. The normalized spacial score (nSPS) is 11.8. The van der Waals surface area contributed by atoms with E-state index in [2.05, 4.69) is 34.3 Å². The quantitative estimate of drug-likeness (QED) is 0.406. The lowest BCUT2D eigenvalue weighted by molar-refractivity contribution is 1.96. The van der Waals surface area contributed by atoms with Gasteiger partial charge in [0.1, 0.15) is 0 Å². The average molecular weight is 278 g/mol. The molecule has 0 N–H and O–H groups in total. The molecule has 4 heterocycles. The minimum absolute atomic E-state index is 1.39. The summed E-state index contributed by atoms with van der Waals surface area (Å²) >= 11 is 7.49. The number of hydrogen-bond donors (Lipinski definition) is 0. The maximum atomic E-state index is 2.30. The highest BCUT2D eigenvalue weighted by atomic mass is 32.1. The van der Waals surface area contributed by atoms with Crippen LogP contribution in [0.15, 0.2) is 34.3 Å². The topological polar surface area (TPSA) is 0 Å². The van der Waals surface area contributed by atoms with Crippen LogP contribution in [0.3, 0.4) is 0 Å². The molecule has 0 bridgehead atoms. The van der Waals surface area contributed by atoms with E-state index in [0.717, 1.165) is 0 Å². The second-order valence-electron chi connectivity index (χ2n) is 3.50. The first kappa shape index (κ1) is 9.36. The van der Waals surface area contributed by atoms with Crippen molar-refractivity contribution in [1.82, 2.24) is 0 Å². The van der Waals surface area contributed by atoms with Gasteiger partial charge in [0.15, 0.2) is 0 Å². The van der Waals surface area contributed by atoms with E-state index in [1.54, 1.807) is 0 Å². The fourth-order valence-corrected chi connectivity index (χ4v) is 6.54. The van der Waals surface area contributed by atoms with Crippen LogP contribution in [0.5, 0.6) is 0 Å². The Morgan fingerprint density at radius 2 is 1.81 bits per heavy atom. The van der Waals surface area contributed by atoms with Gasteiger partial charge in [-0.15, -0.1) is 45.3 Å². The minimum atomic E-state index is 1.39. The maximum Gasteiger partial charge on any atom is 0.0636 e. The third-order valence-electron chi connectivity index (χ3n) is 2.58. The van der Waals surface area contributed by atoms with Crippen molar-refractivity contribution in [1.29, 1.82) is 0 Å². The van der Waals surface area contributed by atoms with E-state index in [-0.39, 0.29) is 0 Å². The molecule has 0 spiro atoms. The molecular formula is C12H6S4. The molecule has 0 amide bonds. The van der Waals surface area contributed by atoms with Crippen molar-refractivity contribution in [2.24, 2.45) is 0 Å². The molecule has 4 aromatic heterocycles.